The van der Waals surface area contributed by atoms with Gasteiger partial charge < -0.3 is 20.9 Å². The van der Waals surface area contributed by atoms with Gasteiger partial charge in [0.1, 0.15) is 6.04 Å². The molecular weight excluding hydrogens is 284 g/mol. The van der Waals surface area contributed by atoms with Crippen molar-refractivity contribution >= 4 is 17.8 Å². The lowest BCUT2D eigenvalue weighted by Crippen LogP contribution is -2.55. The first-order chi connectivity index (χ1) is 10.5. The number of amides is 4. The lowest BCUT2D eigenvalue weighted by Gasteiger charge is -2.36. The molecular formula is C15H20N4O3. The molecule has 7 nitrogen and oxygen atoms in total. The van der Waals surface area contributed by atoms with Crippen LogP contribution in [0.25, 0.3) is 0 Å². The number of nitrogens with zero attached hydrogens (tertiary/aromatic N) is 2. The van der Waals surface area contributed by atoms with Gasteiger partial charge in [0.15, 0.2) is 0 Å². The second-order valence-electron chi connectivity index (χ2n) is 5.21. The van der Waals surface area contributed by atoms with Crippen LogP contribution in [0.1, 0.15) is 17.3 Å². The lowest BCUT2D eigenvalue weighted by molar-refractivity contribution is -0.134. The van der Waals surface area contributed by atoms with Gasteiger partial charge in [-0.15, -0.1) is 0 Å². The van der Waals surface area contributed by atoms with E-state index in [1.807, 2.05) is 18.2 Å². The van der Waals surface area contributed by atoms with E-state index in [9.17, 15) is 14.4 Å². The van der Waals surface area contributed by atoms with Crippen molar-refractivity contribution in [3.8, 4) is 0 Å². The van der Waals surface area contributed by atoms with Gasteiger partial charge in [-0.05, 0) is 19.1 Å². The fourth-order valence-corrected chi connectivity index (χ4v) is 2.44. The van der Waals surface area contributed by atoms with Crippen LogP contribution in [0.15, 0.2) is 30.3 Å². The molecule has 1 aromatic carbocycles. The largest absolute Gasteiger partial charge is 0.352 e. The van der Waals surface area contributed by atoms with E-state index in [0.717, 1.165) is 0 Å². The fourth-order valence-electron chi connectivity index (χ4n) is 2.44. The summed E-state index contributed by atoms with van der Waals surface area (Å²) >= 11 is 0. The minimum atomic E-state index is -0.723. The predicted octanol–water partition coefficient (Wildman–Crippen LogP) is 0.0278. The summed E-state index contributed by atoms with van der Waals surface area (Å²) in [5.41, 5.74) is 5.66. The molecule has 0 aromatic heterocycles. The molecule has 0 bridgehead atoms. The van der Waals surface area contributed by atoms with E-state index in [0.29, 0.717) is 31.7 Å². The highest BCUT2D eigenvalue weighted by Gasteiger charge is 2.27. The zero-order valence-electron chi connectivity index (χ0n) is 12.5. The zero-order chi connectivity index (χ0) is 16.1. The first-order valence-electron chi connectivity index (χ1n) is 7.18. The van der Waals surface area contributed by atoms with Crippen molar-refractivity contribution in [2.75, 3.05) is 26.2 Å². The molecule has 7 heteroatoms. The smallest absolute Gasteiger partial charge is 0.312 e. The van der Waals surface area contributed by atoms with Gasteiger partial charge in [0.05, 0.1) is 0 Å². The van der Waals surface area contributed by atoms with E-state index in [2.05, 4.69) is 5.32 Å². The molecule has 118 valence electrons. The Balaban J connectivity index is 1.89. The summed E-state index contributed by atoms with van der Waals surface area (Å²) in [6.45, 7) is 3.44. The Kier molecular flexibility index (Phi) is 4.98. The van der Waals surface area contributed by atoms with Crippen molar-refractivity contribution in [2.45, 2.75) is 13.0 Å². The van der Waals surface area contributed by atoms with Crippen molar-refractivity contribution < 1.29 is 14.4 Å². The minimum Gasteiger partial charge on any atom is -0.352 e. The number of rotatable bonds is 3. The van der Waals surface area contributed by atoms with Gasteiger partial charge in [0, 0.05) is 31.7 Å². The van der Waals surface area contributed by atoms with E-state index >= 15 is 0 Å². The fraction of sp³-hybridized carbons (Fsp3) is 0.400. The number of hydrogen-bond donors (Lipinski definition) is 2. The molecule has 1 atom stereocenters. The second-order valence-corrected chi connectivity index (χ2v) is 5.21. The Hall–Kier alpha value is -2.57. The first-order valence-corrected chi connectivity index (χ1v) is 7.18. The van der Waals surface area contributed by atoms with Gasteiger partial charge in [-0.1, -0.05) is 18.2 Å². The van der Waals surface area contributed by atoms with Crippen LogP contribution in [0.2, 0.25) is 0 Å². The highest BCUT2D eigenvalue weighted by molar-refractivity contribution is 5.94. The number of nitrogens with two attached hydrogens (primary N) is 1. The average Bonchev–Trinajstić information content (AvgIpc) is 2.54. The zero-order valence-corrected chi connectivity index (χ0v) is 12.5. The van der Waals surface area contributed by atoms with Crippen molar-refractivity contribution in [1.29, 1.82) is 0 Å². The van der Waals surface area contributed by atoms with Crippen molar-refractivity contribution in [1.82, 2.24) is 15.1 Å². The van der Waals surface area contributed by atoms with E-state index in [1.54, 1.807) is 28.9 Å². The predicted molar refractivity (Wildman–Crippen MR) is 81.1 cm³/mol. The van der Waals surface area contributed by atoms with Crippen LogP contribution in [-0.2, 0) is 4.79 Å². The SMILES string of the molecule is CC(NC(N)=O)C(=O)N1CCN(C(=O)c2ccccc2)CC1. The van der Waals surface area contributed by atoms with Crippen LogP contribution in [0.4, 0.5) is 4.79 Å². The van der Waals surface area contributed by atoms with Crippen LogP contribution < -0.4 is 11.1 Å². The molecule has 1 aromatic rings. The average molecular weight is 304 g/mol. The maximum atomic E-state index is 12.3. The number of hydrogen-bond acceptors (Lipinski definition) is 3. The van der Waals surface area contributed by atoms with E-state index < -0.39 is 12.1 Å². The van der Waals surface area contributed by atoms with Crippen LogP contribution in [-0.4, -0.2) is 59.9 Å². The third-order valence-electron chi connectivity index (χ3n) is 3.63. The number of piperazine rings is 1. The van der Waals surface area contributed by atoms with Gasteiger partial charge in [0.25, 0.3) is 5.91 Å². The number of carbonyl (C=O) groups is 3. The molecule has 0 saturated carbocycles. The van der Waals surface area contributed by atoms with Crippen LogP contribution in [0.3, 0.4) is 0 Å². The van der Waals surface area contributed by atoms with Gasteiger partial charge in [-0.2, -0.15) is 0 Å². The highest BCUT2D eigenvalue weighted by atomic mass is 16.2. The molecule has 1 aliphatic rings. The Labute approximate surface area is 129 Å². The lowest BCUT2D eigenvalue weighted by atomic mass is 10.1. The van der Waals surface area contributed by atoms with Crippen LogP contribution in [0.5, 0.6) is 0 Å². The van der Waals surface area contributed by atoms with Crippen molar-refractivity contribution in [3.05, 3.63) is 35.9 Å². The summed E-state index contributed by atoms with van der Waals surface area (Å²) in [5, 5.41) is 2.37. The topological polar surface area (TPSA) is 95.7 Å². The summed E-state index contributed by atoms with van der Waals surface area (Å²) in [4.78, 5) is 38.6. The molecule has 1 saturated heterocycles. The second kappa shape index (κ2) is 6.93. The quantitative estimate of drug-likeness (QED) is 0.824. The summed E-state index contributed by atoms with van der Waals surface area (Å²) in [6.07, 6.45) is 0. The van der Waals surface area contributed by atoms with Gasteiger partial charge in [0.2, 0.25) is 5.91 Å². The van der Waals surface area contributed by atoms with Crippen molar-refractivity contribution in [2.24, 2.45) is 5.73 Å². The summed E-state index contributed by atoms with van der Waals surface area (Å²) in [7, 11) is 0. The standard InChI is InChI=1S/C15H20N4O3/c1-11(17-15(16)22)13(20)18-7-9-19(10-8-18)14(21)12-5-3-2-4-6-12/h2-6,11H,7-10H2,1H3,(H3,16,17,22). The molecule has 0 aliphatic carbocycles. The van der Waals surface area contributed by atoms with E-state index in [-0.39, 0.29) is 11.8 Å². The summed E-state index contributed by atoms with van der Waals surface area (Å²) in [5.74, 6) is -0.221. The molecule has 1 fully saturated rings. The van der Waals surface area contributed by atoms with Gasteiger partial charge in [-0.3, -0.25) is 9.59 Å². The molecule has 1 unspecified atom stereocenters. The number of nitrogens with one attached hydrogen (secondary N) is 1. The van der Waals surface area contributed by atoms with Gasteiger partial charge >= 0.3 is 6.03 Å². The van der Waals surface area contributed by atoms with E-state index in [4.69, 9.17) is 5.73 Å². The number of carbonyl (C=O) groups excluding carboxylic acids is 3. The minimum absolute atomic E-state index is 0.0315. The monoisotopic (exact) mass is 304 g/mol. The number of benzene rings is 1. The Morgan fingerprint density at radius 2 is 1.59 bits per heavy atom. The molecule has 0 radical (unpaired) electrons. The molecule has 2 rings (SSSR count). The summed E-state index contributed by atoms with van der Waals surface area (Å²) in [6, 6.07) is 7.68. The first kappa shape index (κ1) is 15.8. The molecule has 1 aliphatic heterocycles. The Morgan fingerprint density at radius 3 is 2.14 bits per heavy atom. The van der Waals surface area contributed by atoms with Crippen LogP contribution in [0, 0.1) is 0 Å². The number of primary amides is 1. The molecule has 22 heavy (non-hydrogen) atoms. The molecule has 4 amide bonds. The maximum Gasteiger partial charge on any atom is 0.312 e. The third-order valence-corrected chi connectivity index (χ3v) is 3.63. The van der Waals surface area contributed by atoms with Crippen LogP contribution >= 0.6 is 0 Å². The molecule has 0 spiro atoms. The maximum absolute atomic E-state index is 12.3. The normalized spacial score (nSPS) is 16.0. The van der Waals surface area contributed by atoms with E-state index in [1.165, 1.54) is 0 Å². The van der Waals surface area contributed by atoms with Gasteiger partial charge in [-0.25, -0.2) is 4.79 Å². The molecule has 3 N–H and O–H groups in total. The summed E-state index contributed by atoms with van der Waals surface area (Å²) < 4.78 is 0. The third kappa shape index (κ3) is 3.75. The Bertz CT molecular complexity index is 553. The number of urea groups is 1. The van der Waals surface area contributed by atoms with Crippen molar-refractivity contribution in [3.63, 3.8) is 0 Å². The highest BCUT2D eigenvalue weighted by Crippen LogP contribution is 2.09. The molecule has 1 heterocycles. The Morgan fingerprint density at radius 1 is 1.05 bits per heavy atom.